The minimum atomic E-state index is -0.0784. The Kier molecular flexibility index (Phi) is 8.32. The third-order valence-corrected chi connectivity index (χ3v) is 8.27. The number of anilines is 1. The van der Waals surface area contributed by atoms with Gasteiger partial charge in [-0.3, -0.25) is 4.90 Å². The van der Waals surface area contributed by atoms with E-state index in [-0.39, 0.29) is 6.03 Å². The molecule has 3 aromatic rings. The Labute approximate surface area is 224 Å². The first-order valence-corrected chi connectivity index (χ1v) is 13.7. The average Bonchev–Trinajstić information content (AvgIpc) is 2.90. The lowest BCUT2D eigenvalue weighted by Crippen LogP contribution is -2.52. The Morgan fingerprint density at radius 2 is 1.69 bits per heavy atom. The molecule has 2 heterocycles. The zero-order valence-corrected chi connectivity index (χ0v) is 22.1. The van der Waals surface area contributed by atoms with Gasteiger partial charge in [0.2, 0.25) is 0 Å². The molecule has 36 heavy (non-hydrogen) atoms. The molecule has 1 N–H and O–H groups in total. The van der Waals surface area contributed by atoms with E-state index < -0.39 is 0 Å². The van der Waals surface area contributed by atoms with Gasteiger partial charge in [-0.05, 0) is 66.3 Å². The Morgan fingerprint density at radius 3 is 2.53 bits per heavy atom. The number of nitrogens with one attached hydrogen (secondary N) is 1. The van der Waals surface area contributed by atoms with E-state index in [1.807, 2.05) is 4.90 Å². The number of halogens is 2. The number of hydrogen-bond acceptors (Lipinski definition) is 3. The van der Waals surface area contributed by atoms with Gasteiger partial charge in [-0.15, -0.1) is 0 Å². The Morgan fingerprint density at radius 1 is 0.889 bits per heavy atom. The van der Waals surface area contributed by atoms with Gasteiger partial charge in [0.05, 0.1) is 10.0 Å². The molecule has 0 unspecified atom stereocenters. The lowest BCUT2D eigenvalue weighted by Gasteiger charge is -2.39. The number of carbonyl (C=O) groups is 1. The van der Waals surface area contributed by atoms with Crippen LogP contribution in [0.2, 0.25) is 10.0 Å². The predicted octanol–water partition coefficient (Wildman–Crippen LogP) is 6.25. The molecule has 1 atom stereocenters. The van der Waals surface area contributed by atoms with Gasteiger partial charge in [-0.1, -0.05) is 65.7 Å². The fourth-order valence-electron chi connectivity index (χ4n) is 5.57. The van der Waals surface area contributed by atoms with Crippen molar-refractivity contribution in [1.29, 1.82) is 0 Å². The molecule has 2 aliphatic heterocycles. The number of rotatable bonds is 6. The van der Waals surface area contributed by atoms with Crippen molar-refractivity contribution < 1.29 is 4.79 Å². The first kappa shape index (κ1) is 25.3. The number of benzene rings is 3. The topological polar surface area (TPSA) is 38.8 Å². The van der Waals surface area contributed by atoms with Crippen molar-refractivity contribution >= 4 is 45.7 Å². The van der Waals surface area contributed by atoms with Crippen LogP contribution in [0.15, 0.2) is 60.7 Å². The molecule has 7 heteroatoms. The Bertz CT molecular complexity index is 1190. The zero-order chi connectivity index (χ0) is 24.9. The third-order valence-electron chi connectivity index (χ3n) is 7.53. The predicted molar refractivity (Wildman–Crippen MR) is 150 cm³/mol. The molecule has 0 radical (unpaired) electrons. The van der Waals surface area contributed by atoms with E-state index in [2.05, 4.69) is 57.6 Å². The van der Waals surface area contributed by atoms with Gasteiger partial charge >= 0.3 is 6.03 Å². The summed E-state index contributed by atoms with van der Waals surface area (Å²) in [6.45, 7) is 7.92. The molecule has 0 bridgehead atoms. The summed E-state index contributed by atoms with van der Waals surface area (Å²) in [7, 11) is 0. The summed E-state index contributed by atoms with van der Waals surface area (Å²) in [5.74, 6) is 0.697. The molecular formula is C29H34Cl2N4O. The minimum Gasteiger partial charge on any atom is -0.322 e. The second-order valence-electron chi connectivity index (χ2n) is 10.0. The molecule has 5 nitrogen and oxygen atoms in total. The van der Waals surface area contributed by atoms with Gasteiger partial charge in [-0.2, -0.15) is 0 Å². The van der Waals surface area contributed by atoms with Crippen LogP contribution >= 0.6 is 23.2 Å². The molecule has 2 amide bonds. The van der Waals surface area contributed by atoms with Crippen LogP contribution < -0.4 is 5.32 Å². The first-order valence-electron chi connectivity index (χ1n) is 13.0. The van der Waals surface area contributed by atoms with Crippen molar-refractivity contribution in [3.8, 4) is 0 Å². The minimum absolute atomic E-state index is 0.0784. The second kappa shape index (κ2) is 11.8. The third kappa shape index (κ3) is 6.33. The molecule has 2 fully saturated rings. The van der Waals surface area contributed by atoms with E-state index in [9.17, 15) is 4.79 Å². The second-order valence-corrected chi connectivity index (χ2v) is 10.9. The quantitative estimate of drug-likeness (QED) is 0.414. The highest BCUT2D eigenvalue weighted by Crippen LogP contribution is 2.26. The van der Waals surface area contributed by atoms with Crippen LogP contribution in [0.4, 0.5) is 10.5 Å². The van der Waals surface area contributed by atoms with Gasteiger partial charge in [0.1, 0.15) is 0 Å². The van der Waals surface area contributed by atoms with E-state index in [1.54, 1.807) is 18.2 Å². The van der Waals surface area contributed by atoms with Crippen LogP contribution in [0.5, 0.6) is 0 Å². The van der Waals surface area contributed by atoms with Crippen molar-refractivity contribution in [3.05, 3.63) is 76.3 Å². The van der Waals surface area contributed by atoms with Crippen LogP contribution in [0.25, 0.3) is 10.8 Å². The number of urea groups is 1. The fourth-order valence-corrected chi connectivity index (χ4v) is 5.87. The molecule has 0 aromatic heterocycles. The first-order chi connectivity index (χ1) is 17.5. The highest BCUT2D eigenvalue weighted by atomic mass is 35.5. The van der Waals surface area contributed by atoms with Crippen LogP contribution in [0.1, 0.15) is 18.4 Å². The number of piperazine rings is 1. The van der Waals surface area contributed by atoms with Gasteiger partial charge in [0, 0.05) is 51.5 Å². The van der Waals surface area contributed by atoms with Crippen molar-refractivity contribution in [2.45, 2.75) is 19.3 Å². The largest absolute Gasteiger partial charge is 0.322 e. The zero-order valence-electron chi connectivity index (χ0n) is 20.6. The maximum Gasteiger partial charge on any atom is 0.321 e. The Hall–Kier alpha value is -2.31. The molecule has 0 saturated carbocycles. The van der Waals surface area contributed by atoms with E-state index in [1.165, 1.54) is 42.3 Å². The molecule has 0 aliphatic carbocycles. The lowest BCUT2D eigenvalue weighted by molar-refractivity contribution is 0.101. The monoisotopic (exact) mass is 524 g/mol. The van der Waals surface area contributed by atoms with Crippen molar-refractivity contribution in [2.75, 3.05) is 57.7 Å². The van der Waals surface area contributed by atoms with Crippen molar-refractivity contribution in [2.24, 2.45) is 5.92 Å². The molecule has 0 spiro atoms. The number of fused-ring (bicyclic) bond motifs is 1. The summed E-state index contributed by atoms with van der Waals surface area (Å²) in [5, 5.41) is 6.58. The highest BCUT2D eigenvalue weighted by molar-refractivity contribution is 6.42. The summed E-state index contributed by atoms with van der Waals surface area (Å²) in [6, 6.07) is 20.4. The van der Waals surface area contributed by atoms with Gasteiger partial charge in [-0.25, -0.2) is 4.79 Å². The molecule has 190 valence electrons. The number of hydrogen-bond donors (Lipinski definition) is 1. The van der Waals surface area contributed by atoms with Gasteiger partial charge < -0.3 is 15.1 Å². The standard InChI is InChI=1S/C29H34Cl2N4O/c30-27-11-10-25(19-28(27)31)32-29(36)35-17-15-34(16-18-35)21-22-5-4-13-33(20-22)14-12-24-8-3-7-23-6-1-2-9-26(23)24/h1-3,6-11,19,22H,4-5,12-18,20-21H2,(H,32,36)/t22-/m1/s1. The summed E-state index contributed by atoms with van der Waals surface area (Å²) >= 11 is 12.0. The van der Waals surface area contributed by atoms with E-state index in [4.69, 9.17) is 23.2 Å². The van der Waals surface area contributed by atoms with Crippen LogP contribution in [0.3, 0.4) is 0 Å². The van der Waals surface area contributed by atoms with Crippen LogP contribution in [-0.2, 0) is 6.42 Å². The van der Waals surface area contributed by atoms with Crippen molar-refractivity contribution in [3.63, 3.8) is 0 Å². The number of piperidine rings is 1. The number of amides is 2. The number of carbonyl (C=O) groups excluding carboxylic acids is 1. The molecular weight excluding hydrogens is 491 g/mol. The average molecular weight is 526 g/mol. The van der Waals surface area contributed by atoms with E-state index in [0.29, 0.717) is 21.7 Å². The summed E-state index contributed by atoms with van der Waals surface area (Å²) in [5.41, 5.74) is 2.12. The van der Waals surface area contributed by atoms with Gasteiger partial charge in [0.25, 0.3) is 0 Å². The fraction of sp³-hybridized carbons (Fsp3) is 0.414. The number of likely N-dealkylation sites (tertiary alicyclic amines) is 1. The van der Waals surface area contributed by atoms with Crippen LogP contribution in [0, 0.1) is 5.92 Å². The summed E-state index contributed by atoms with van der Waals surface area (Å²) in [4.78, 5) is 19.8. The van der Waals surface area contributed by atoms with Crippen LogP contribution in [-0.4, -0.2) is 73.1 Å². The van der Waals surface area contributed by atoms with Crippen molar-refractivity contribution in [1.82, 2.24) is 14.7 Å². The normalized spacial score (nSPS) is 19.5. The van der Waals surface area contributed by atoms with Gasteiger partial charge in [0.15, 0.2) is 0 Å². The van der Waals surface area contributed by atoms with E-state index in [0.717, 1.165) is 45.7 Å². The smallest absolute Gasteiger partial charge is 0.321 e. The number of nitrogens with zero attached hydrogens (tertiary/aromatic N) is 3. The molecule has 5 rings (SSSR count). The van der Waals surface area contributed by atoms with E-state index >= 15 is 0 Å². The summed E-state index contributed by atoms with van der Waals surface area (Å²) < 4.78 is 0. The Balaban J connectivity index is 1.07. The molecule has 2 saturated heterocycles. The molecule has 2 aliphatic rings. The SMILES string of the molecule is O=C(Nc1ccc(Cl)c(Cl)c1)N1CCN(C[C@@H]2CCCN(CCc3cccc4ccccc34)C2)CC1. The highest BCUT2D eigenvalue weighted by Gasteiger charge is 2.26. The lowest BCUT2D eigenvalue weighted by atomic mass is 9.96. The summed E-state index contributed by atoms with van der Waals surface area (Å²) in [6.07, 6.45) is 3.66. The molecule has 3 aromatic carbocycles. The maximum atomic E-state index is 12.7. The maximum absolute atomic E-state index is 12.7.